The monoisotopic (exact) mass is 404 g/mol. The highest BCUT2D eigenvalue weighted by Gasteiger charge is 2.35. The fourth-order valence-electron chi connectivity index (χ4n) is 4.06. The fourth-order valence-corrected chi connectivity index (χ4v) is 4.06. The summed E-state index contributed by atoms with van der Waals surface area (Å²) in [7, 11) is 1.60. The summed E-state index contributed by atoms with van der Waals surface area (Å²) < 4.78 is 11.4. The Bertz CT molecular complexity index is 863. The molecule has 0 aliphatic carbocycles. The molecule has 2 heterocycles. The van der Waals surface area contributed by atoms with E-state index in [1.165, 1.54) is 11.1 Å². The average Bonchev–Trinajstić information content (AvgIpc) is 2.80. The highest BCUT2D eigenvalue weighted by Crippen LogP contribution is 2.34. The predicted molar refractivity (Wildman–Crippen MR) is 117 cm³/mol. The number of hydrogen-bond donors (Lipinski definition) is 2. The largest absolute Gasteiger partial charge is 0.481 e. The van der Waals surface area contributed by atoms with Gasteiger partial charge < -0.3 is 19.9 Å². The maximum atomic E-state index is 10.9. The number of aliphatic hydroxyl groups is 1. The van der Waals surface area contributed by atoms with Gasteiger partial charge in [-0.25, -0.2) is 4.98 Å². The lowest BCUT2D eigenvalue weighted by Gasteiger charge is -2.38. The molecule has 0 bridgehead atoms. The van der Waals surface area contributed by atoms with Crippen LogP contribution in [0.4, 0.5) is 0 Å². The lowest BCUT2D eigenvalue weighted by molar-refractivity contribution is -0.0718. The molecule has 0 spiro atoms. The lowest BCUT2D eigenvalue weighted by Crippen LogP contribution is -2.50. The Morgan fingerprint density at radius 1 is 1.03 bits per heavy atom. The smallest absolute Gasteiger partial charge is 0.212 e. The predicted octanol–water partition coefficient (Wildman–Crippen LogP) is 3.53. The topological polar surface area (TPSA) is 63.6 Å². The number of hydrogen-bond acceptors (Lipinski definition) is 5. The quantitative estimate of drug-likeness (QED) is 0.631. The van der Waals surface area contributed by atoms with Gasteiger partial charge in [0.1, 0.15) is 0 Å². The van der Waals surface area contributed by atoms with Gasteiger partial charge >= 0.3 is 0 Å². The van der Waals surface area contributed by atoms with E-state index in [-0.39, 0.29) is 18.1 Å². The minimum Gasteiger partial charge on any atom is -0.481 e. The van der Waals surface area contributed by atoms with Crippen LogP contribution in [0.2, 0.25) is 0 Å². The first-order chi connectivity index (χ1) is 14.7. The number of nitrogens with one attached hydrogen (secondary N) is 1. The van der Waals surface area contributed by atoms with Gasteiger partial charge in [-0.1, -0.05) is 66.7 Å². The normalized spacial score (nSPS) is 21.5. The first-order valence-electron chi connectivity index (χ1n) is 10.4. The molecule has 0 amide bonds. The van der Waals surface area contributed by atoms with Gasteiger partial charge in [-0.15, -0.1) is 0 Å². The van der Waals surface area contributed by atoms with Crippen molar-refractivity contribution in [3.63, 3.8) is 0 Å². The Hall–Kier alpha value is -2.73. The van der Waals surface area contributed by atoms with Crippen LogP contribution < -0.4 is 10.1 Å². The average molecular weight is 405 g/mol. The van der Waals surface area contributed by atoms with Crippen LogP contribution in [0, 0.1) is 0 Å². The first-order valence-corrected chi connectivity index (χ1v) is 10.4. The zero-order chi connectivity index (χ0) is 20.8. The Morgan fingerprint density at radius 3 is 2.23 bits per heavy atom. The molecule has 1 aromatic heterocycles. The third kappa shape index (κ3) is 4.87. The summed E-state index contributed by atoms with van der Waals surface area (Å²) >= 11 is 0. The standard InChI is InChI=1S/C25H28N2O3/c1-29-24-13-12-18(16-27-24)15-26-21-17-30-23(14-22(21)28)25(19-8-4-2-5-9-19)20-10-6-3-7-11-20/h2-13,16,21-23,25-26,28H,14-15,17H2,1H3. The number of ether oxygens (including phenoxy) is 2. The van der Waals surface area contributed by atoms with Crippen LogP contribution in [0.5, 0.6) is 5.88 Å². The van der Waals surface area contributed by atoms with Gasteiger partial charge in [0, 0.05) is 31.1 Å². The molecule has 2 aromatic carbocycles. The second-order valence-electron chi connectivity index (χ2n) is 7.67. The van der Waals surface area contributed by atoms with Crippen LogP contribution in [0.15, 0.2) is 79.0 Å². The van der Waals surface area contributed by atoms with Gasteiger partial charge in [-0.2, -0.15) is 0 Å². The highest BCUT2D eigenvalue weighted by molar-refractivity contribution is 5.34. The Morgan fingerprint density at radius 2 is 1.70 bits per heavy atom. The van der Waals surface area contributed by atoms with Crippen molar-refractivity contribution in [1.82, 2.24) is 10.3 Å². The molecule has 5 nitrogen and oxygen atoms in total. The molecule has 3 unspecified atom stereocenters. The van der Waals surface area contributed by atoms with Crippen LogP contribution in [0.3, 0.4) is 0 Å². The molecule has 0 radical (unpaired) electrons. The summed E-state index contributed by atoms with van der Waals surface area (Å²) in [6.45, 7) is 1.08. The van der Waals surface area contributed by atoms with Crippen LogP contribution in [-0.4, -0.2) is 42.1 Å². The molecule has 2 N–H and O–H groups in total. The van der Waals surface area contributed by atoms with Crippen LogP contribution >= 0.6 is 0 Å². The molecule has 1 saturated heterocycles. The Balaban J connectivity index is 1.42. The third-order valence-electron chi connectivity index (χ3n) is 5.69. The SMILES string of the molecule is COc1ccc(CNC2COC(C(c3ccccc3)c3ccccc3)CC2O)cn1. The number of nitrogens with zero attached hydrogens (tertiary/aromatic N) is 1. The van der Waals surface area contributed by atoms with Crippen molar-refractivity contribution < 1.29 is 14.6 Å². The summed E-state index contributed by atoms with van der Waals surface area (Å²) in [6, 6.07) is 24.5. The molecule has 156 valence electrons. The Kier molecular flexibility index (Phi) is 6.74. The maximum absolute atomic E-state index is 10.9. The van der Waals surface area contributed by atoms with Crippen molar-refractivity contribution in [2.45, 2.75) is 37.1 Å². The van der Waals surface area contributed by atoms with Gasteiger partial charge in [-0.3, -0.25) is 0 Å². The van der Waals surface area contributed by atoms with E-state index in [1.54, 1.807) is 13.3 Å². The molecular formula is C25H28N2O3. The molecule has 0 saturated carbocycles. The molecule has 1 aliphatic rings. The highest BCUT2D eigenvalue weighted by atomic mass is 16.5. The van der Waals surface area contributed by atoms with Gasteiger partial charge in [0.05, 0.1) is 32.0 Å². The van der Waals surface area contributed by atoms with Crippen LogP contribution in [0.1, 0.15) is 29.0 Å². The summed E-state index contributed by atoms with van der Waals surface area (Å²) in [4.78, 5) is 4.23. The molecule has 4 rings (SSSR count). The molecule has 1 fully saturated rings. The number of benzene rings is 2. The van der Waals surface area contributed by atoms with E-state index in [2.05, 4.69) is 58.8 Å². The first kappa shape index (κ1) is 20.5. The number of aromatic nitrogens is 1. The van der Waals surface area contributed by atoms with Crippen molar-refractivity contribution in [2.75, 3.05) is 13.7 Å². The second-order valence-corrected chi connectivity index (χ2v) is 7.67. The summed E-state index contributed by atoms with van der Waals surface area (Å²) in [5, 5.41) is 14.3. The van der Waals surface area contributed by atoms with Gasteiger partial charge in [0.15, 0.2) is 0 Å². The third-order valence-corrected chi connectivity index (χ3v) is 5.69. The van der Waals surface area contributed by atoms with Crippen LogP contribution in [-0.2, 0) is 11.3 Å². The van der Waals surface area contributed by atoms with Gasteiger partial charge in [0.25, 0.3) is 0 Å². The maximum Gasteiger partial charge on any atom is 0.212 e. The number of rotatable bonds is 7. The minimum atomic E-state index is -0.482. The molecule has 30 heavy (non-hydrogen) atoms. The number of aliphatic hydroxyl groups excluding tert-OH is 1. The van der Waals surface area contributed by atoms with Crippen molar-refractivity contribution >= 4 is 0 Å². The lowest BCUT2D eigenvalue weighted by atomic mass is 9.82. The van der Waals surface area contributed by atoms with E-state index in [0.29, 0.717) is 25.5 Å². The van der Waals surface area contributed by atoms with E-state index in [0.717, 1.165) is 5.56 Å². The number of methoxy groups -OCH3 is 1. The molecular weight excluding hydrogens is 376 g/mol. The fraction of sp³-hybridized carbons (Fsp3) is 0.320. The zero-order valence-electron chi connectivity index (χ0n) is 17.1. The molecule has 5 heteroatoms. The minimum absolute atomic E-state index is 0.0782. The van der Waals surface area contributed by atoms with Crippen molar-refractivity contribution in [1.29, 1.82) is 0 Å². The van der Waals surface area contributed by atoms with Crippen LogP contribution in [0.25, 0.3) is 0 Å². The summed E-state index contributed by atoms with van der Waals surface area (Å²) in [5.41, 5.74) is 3.45. The van der Waals surface area contributed by atoms with Gasteiger partial charge in [-0.05, 0) is 16.7 Å². The Labute approximate surface area is 177 Å². The van der Waals surface area contributed by atoms with E-state index in [9.17, 15) is 5.11 Å². The molecule has 1 aliphatic heterocycles. The van der Waals surface area contributed by atoms with Crippen molar-refractivity contribution in [2.24, 2.45) is 0 Å². The summed E-state index contributed by atoms with van der Waals surface area (Å²) in [5.74, 6) is 0.685. The summed E-state index contributed by atoms with van der Waals surface area (Å²) in [6.07, 6.45) is 1.80. The molecule has 3 aromatic rings. The number of pyridine rings is 1. The van der Waals surface area contributed by atoms with Crippen molar-refractivity contribution in [3.05, 3.63) is 95.7 Å². The van der Waals surface area contributed by atoms with E-state index in [4.69, 9.17) is 9.47 Å². The van der Waals surface area contributed by atoms with E-state index in [1.807, 2.05) is 24.3 Å². The van der Waals surface area contributed by atoms with Gasteiger partial charge in [0.2, 0.25) is 5.88 Å². The molecule has 3 atom stereocenters. The van der Waals surface area contributed by atoms with Crippen molar-refractivity contribution in [3.8, 4) is 5.88 Å². The van der Waals surface area contributed by atoms with E-state index < -0.39 is 6.10 Å². The zero-order valence-corrected chi connectivity index (χ0v) is 17.1. The second kappa shape index (κ2) is 9.85. The van der Waals surface area contributed by atoms with E-state index >= 15 is 0 Å².